The monoisotopic (exact) mass is 508 g/mol. The molecule has 188 valence electrons. The summed E-state index contributed by atoms with van der Waals surface area (Å²) in [5.41, 5.74) is -2.17. The number of hydrogen-bond donors (Lipinski definition) is 1. The van der Waals surface area contributed by atoms with Gasteiger partial charge in [0.15, 0.2) is 11.5 Å². The normalized spacial score (nSPS) is 12.1. The Balaban J connectivity index is 1.60. The minimum Gasteiger partial charge on any atom is -0.497 e. The summed E-state index contributed by atoms with van der Waals surface area (Å²) in [6.07, 6.45) is -8.22. The average molecular weight is 508 g/mol. The molecule has 1 N–H and O–H groups in total. The Morgan fingerprint density at radius 3 is 2.14 bits per heavy atom. The fourth-order valence-corrected chi connectivity index (χ4v) is 3.52. The van der Waals surface area contributed by atoms with Crippen LogP contribution in [0.3, 0.4) is 0 Å². The van der Waals surface area contributed by atoms with Crippen LogP contribution in [-0.4, -0.2) is 34.2 Å². The number of methoxy groups -OCH3 is 1. The Morgan fingerprint density at radius 2 is 1.56 bits per heavy atom. The number of nitrogens with zero attached hydrogens (tertiary/aromatic N) is 3. The Bertz CT molecular complexity index is 1360. The molecule has 1 amide bonds. The summed E-state index contributed by atoms with van der Waals surface area (Å²) in [7, 11) is 1.55. The average Bonchev–Trinajstić information content (AvgIpc) is 3.26. The van der Waals surface area contributed by atoms with E-state index in [-0.39, 0.29) is 23.1 Å². The second-order valence-corrected chi connectivity index (χ2v) is 7.82. The number of carbonyl (C=O) groups is 1. The smallest absolute Gasteiger partial charge is 0.416 e. The number of rotatable bonds is 6. The van der Waals surface area contributed by atoms with Gasteiger partial charge in [-0.3, -0.25) is 9.20 Å². The fourth-order valence-electron chi connectivity index (χ4n) is 3.52. The van der Waals surface area contributed by atoms with Crippen LogP contribution in [-0.2, 0) is 18.8 Å². The molecule has 12 heteroatoms. The maximum Gasteiger partial charge on any atom is 0.416 e. The Hall–Kier alpha value is -4.09. The van der Waals surface area contributed by atoms with Gasteiger partial charge in [0.2, 0.25) is 0 Å². The molecule has 2 aromatic carbocycles. The van der Waals surface area contributed by atoms with E-state index in [4.69, 9.17) is 4.74 Å². The molecule has 36 heavy (non-hydrogen) atoms. The van der Waals surface area contributed by atoms with Gasteiger partial charge in [0.1, 0.15) is 5.75 Å². The molecular weight excluding hydrogens is 490 g/mol. The van der Waals surface area contributed by atoms with Gasteiger partial charge in [-0.15, -0.1) is 10.2 Å². The van der Waals surface area contributed by atoms with Crippen molar-refractivity contribution in [3.05, 3.63) is 83.0 Å². The minimum absolute atomic E-state index is 0.0361. The first-order valence-corrected chi connectivity index (χ1v) is 10.5. The molecule has 0 aliphatic carbocycles. The van der Waals surface area contributed by atoms with Crippen molar-refractivity contribution in [1.29, 1.82) is 0 Å². The quantitative estimate of drug-likeness (QED) is 0.354. The Morgan fingerprint density at radius 1 is 0.917 bits per heavy atom. The molecule has 0 saturated heterocycles. The number of hydrogen-bond acceptors (Lipinski definition) is 4. The molecule has 0 aliphatic heterocycles. The molecule has 2 aromatic heterocycles. The zero-order valence-electron chi connectivity index (χ0n) is 18.6. The number of halogens is 6. The van der Waals surface area contributed by atoms with Gasteiger partial charge in [-0.25, -0.2) is 0 Å². The molecule has 0 spiro atoms. The fraction of sp³-hybridized carbons (Fsp3) is 0.208. The van der Waals surface area contributed by atoms with Gasteiger partial charge in [0.05, 0.1) is 23.8 Å². The molecule has 0 saturated carbocycles. The maximum atomic E-state index is 13.3. The highest BCUT2D eigenvalue weighted by Gasteiger charge is 2.37. The zero-order valence-corrected chi connectivity index (χ0v) is 18.6. The summed E-state index contributed by atoms with van der Waals surface area (Å²) in [5, 5.41) is 10.3. The minimum atomic E-state index is -5.01. The van der Waals surface area contributed by atoms with Gasteiger partial charge in [-0.05, 0) is 54.4 Å². The van der Waals surface area contributed by atoms with Crippen LogP contribution in [0.15, 0.2) is 60.8 Å². The van der Waals surface area contributed by atoms with E-state index in [9.17, 15) is 31.1 Å². The lowest BCUT2D eigenvalue weighted by molar-refractivity contribution is -0.143. The number of carbonyl (C=O) groups excluding carboxylic acids is 1. The van der Waals surface area contributed by atoms with Crippen molar-refractivity contribution in [2.24, 2.45) is 0 Å². The standard InChI is InChI=1S/C24H18F6N4O2/c1-36-19-5-2-14(3-6-19)8-9-31-22(35)15-4-7-20-32-33-21(34(20)13-15)16-10-17(23(25,26)27)12-18(11-16)24(28,29)30/h2-7,10-13H,8-9H2,1H3,(H,31,35). The predicted octanol–water partition coefficient (Wildman–Crippen LogP) is 5.42. The number of amides is 1. The second-order valence-electron chi connectivity index (χ2n) is 7.82. The third-order valence-electron chi connectivity index (χ3n) is 5.37. The summed E-state index contributed by atoms with van der Waals surface area (Å²) < 4.78 is 85.9. The molecule has 0 unspecified atom stereocenters. The van der Waals surface area contributed by atoms with E-state index in [1.807, 2.05) is 12.1 Å². The summed E-state index contributed by atoms with van der Waals surface area (Å²) in [6.45, 7) is 0.292. The molecule has 0 radical (unpaired) electrons. The number of aromatic nitrogens is 3. The number of benzene rings is 2. The van der Waals surface area contributed by atoms with E-state index in [0.717, 1.165) is 5.56 Å². The molecule has 0 atom stereocenters. The summed E-state index contributed by atoms with van der Waals surface area (Å²) in [4.78, 5) is 12.6. The highest BCUT2D eigenvalue weighted by atomic mass is 19.4. The zero-order chi connectivity index (χ0) is 26.1. The lowest BCUT2D eigenvalue weighted by Crippen LogP contribution is -2.26. The summed E-state index contributed by atoms with van der Waals surface area (Å²) >= 11 is 0. The van der Waals surface area contributed by atoms with Crippen molar-refractivity contribution in [2.75, 3.05) is 13.7 Å². The lowest BCUT2D eigenvalue weighted by atomic mass is 10.0. The first-order chi connectivity index (χ1) is 17.0. The van der Waals surface area contributed by atoms with Gasteiger partial charge in [-0.1, -0.05) is 12.1 Å². The van der Waals surface area contributed by atoms with E-state index in [2.05, 4.69) is 15.5 Å². The number of nitrogens with one attached hydrogen (secondary N) is 1. The molecule has 4 aromatic rings. The van der Waals surface area contributed by atoms with Gasteiger partial charge >= 0.3 is 12.4 Å². The second kappa shape index (κ2) is 9.51. The number of alkyl halides is 6. The van der Waals surface area contributed by atoms with E-state index < -0.39 is 35.0 Å². The largest absolute Gasteiger partial charge is 0.497 e. The molecule has 2 heterocycles. The molecule has 0 bridgehead atoms. The number of fused-ring (bicyclic) bond motifs is 1. The van der Waals surface area contributed by atoms with Crippen LogP contribution in [0.4, 0.5) is 26.3 Å². The van der Waals surface area contributed by atoms with Crippen molar-refractivity contribution in [2.45, 2.75) is 18.8 Å². The highest BCUT2D eigenvalue weighted by Crippen LogP contribution is 2.38. The molecule has 4 rings (SSSR count). The molecular formula is C24H18F6N4O2. The van der Waals surface area contributed by atoms with Crippen LogP contribution in [0.25, 0.3) is 17.0 Å². The van der Waals surface area contributed by atoms with Crippen LogP contribution < -0.4 is 10.1 Å². The van der Waals surface area contributed by atoms with E-state index in [1.165, 1.54) is 22.7 Å². The van der Waals surface area contributed by atoms with Crippen molar-refractivity contribution in [3.8, 4) is 17.1 Å². The van der Waals surface area contributed by atoms with Crippen LogP contribution in [0.1, 0.15) is 27.0 Å². The van der Waals surface area contributed by atoms with E-state index in [0.29, 0.717) is 30.8 Å². The summed E-state index contributed by atoms with van der Waals surface area (Å²) in [6, 6.07) is 11.3. The van der Waals surface area contributed by atoms with E-state index >= 15 is 0 Å². The highest BCUT2D eigenvalue weighted by molar-refractivity contribution is 5.94. The Kier molecular flexibility index (Phi) is 6.61. The predicted molar refractivity (Wildman–Crippen MR) is 117 cm³/mol. The molecule has 0 aliphatic rings. The Labute approximate surface area is 200 Å². The van der Waals surface area contributed by atoms with Crippen LogP contribution >= 0.6 is 0 Å². The molecule has 0 fully saturated rings. The number of pyridine rings is 1. The van der Waals surface area contributed by atoms with Gasteiger partial charge in [0, 0.05) is 18.3 Å². The van der Waals surface area contributed by atoms with Crippen molar-refractivity contribution in [3.63, 3.8) is 0 Å². The van der Waals surface area contributed by atoms with Gasteiger partial charge in [-0.2, -0.15) is 26.3 Å². The maximum absolute atomic E-state index is 13.3. The van der Waals surface area contributed by atoms with Crippen molar-refractivity contribution < 1.29 is 35.9 Å². The van der Waals surface area contributed by atoms with Gasteiger partial charge < -0.3 is 10.1 Å². The SMILES string of the molecule is COc1ccc(CCNC(=O)c2ccc3nnc(-c4cc(C(F)(F)F)cc(C(F)(F)F)c4)n3c2)cc1. The topological polar surface area (TPSA) is 68.5 Å². The van der Waals surface area contributed by atoms with Crippen LogP contribution in [0.5, 0.6) is 5.75 Å². The molecule has 6 nitrogen and oxygen atoms in total. The number of ether oxygens (including phenoxy) is 1. The van der Waals surface area contributed by atoms with Crippen LogP contribution in [0, 0.1) is 0 Å². The van der Waals surface area contributed by atoms with Crippen molar-refractivity contribution in [1.82, 2.24) is 19.9 Å². The van der Waals surface area contributed by atoms with Crippen molar-refractivity contribution >= 4 is 11.6 Å². The first kappa shape index (κ1) is 25.0. The van der Waals surface area contributed by atoms with Crippen LogP contribution in [0.2, 0.25) is 0 Å². The lowest BCUT2D eigenvalue weighted by Gasteiger charge is -2.13. The van der Waals surface area contributed by atoms with E-state index in [1.54, 1.807) is 19.2 Å². The first-order valence-electron chi connectivity index (χ1n) is 10.5. The third kappa shape index (κ3) is 5.42. The van der Waals surface area contributed by atoms with Gasteiger partial charge in [0.25, 0.3) is 5.91 Å². The third-order valence-corrected chi connectivity index (χ3v) is 5.37. The summed E-state index contributed by atoms with van der Waals surface area (Å²) in [5.74, 6) is -0.0523.